The molecule has 0 unspecified atom stereocenters. The Labute approximate surface area is 68.6 Å². The second kappa shape index (κ2) is 3.80. The van der Waals surface area contributed by atoms with Crippen LogP contribution in [0.5, 0.6) is 0 Å². The van der Waals surface area contributed by atoms with Crippen LogP contribution in [0.25, 0.3) is 0 Å². The van der Waals surface area contributed by atoms with Crippen LogP contribution in [0.4, 0.5) is 8.78 Å². The zero-order valence-corrected chi connectivity index (χ0v) is 6.63. The van der Waals surface area contributed by atoms with Gasteiger partial charge < -0.3 is 9.47 Å². The van der Waals surface area contributed by atoms with E-state index in [1.54, 1.807) is 0 Å². The molecule has 0 aromatic heterocycles. The summed E-state index contributed by atoms with van der Waals surface area (Å²) in [6, 6.07) is 0. The first-order chi connectivity index (χ1) is 5.63. The Bertz CT molecular complexity index is 166. The van der Waals surface area contributed by atoms with Crippen LogP contribution in [0.3, 0.4) is 0 Å². The van der Waals surface area contributed by atoms with Crippen LogP contribution in [0, 0.1) is 5.92 Å². The molecule has 70 valence electrons. The number of ether oxygens (including phenoxy) is 2. The molecule has 1 rings (SSSR count). The molecule has 0 spiro atoms. The zero-order chi connectivity index (χ0) is 9.14. The summed E-state index contributed by atoms with van der Waals surface area (Å²) in [6.07, 6.45) is 0.211. The smallest absolute Gasteiger partial charge is 0.345 e. The van der Waals surface area contributed by atoms with Crippen molar-refractivity contribution in [1.82, 2.24) is 0 Å². The minimum Gasteiger partial charge on any atom is -0.469 e. The first-order valence-corrected chi connectivity index (χ1v) is 3.65. The van der Waals surface area contributed by atoms with E-state index in [2.05, 4.69) is 9.47 Å². The van der Waals surface area contributed by atoms with Crippen LogP contribution in [0.2, 0.25) is 0 Å². The molecule has 0 N–H and O–H groups in total. The number of rotatable bonds is 3. The van der Waals surface area contributed by atoms with Gasteiger partial charge in [-0.15, -0.1) is 0 Å². The minimum atomic E-state index is -2.74. The normalized spacial score (nSPS) is 28.3. The maximum Gasteiger partial charge on any atom is 0.345 e. The van der Waals surface area contributed by atoms with Crippen molar-refractivity contribution in [2.75, 3.05) is 7.11 Å². The molecule has 0 aliphatic heterocycles. The van der Waals surface area contributed by atoms with E-state index >= 15 is 0 Å². The number of carbonyl (C=O) groups is 1. The van der Waals surface area contributed by atoms with E-state index in [9.17, 15) is 13.6 Å². The van der Waals surface area contributed by atoms with Gasteiger partial charge in [-0.25, -0.2) is 0 Å². The molecule has 1 aliphatic rings. The molecular formula is C7H10F2O3. The highest BCUT2D eigenvalue weighted by Crippen LogP contribution is 2.31. The molecule has 0 atom stereocenters. The van der Waals surface area contributed by atoms with Gasteiger partial charge in [0.25, 0.3) is 0 Å². The van der Waals surface area contributed by atoms with Gasteiger partial charge in [-0.05, 0) is 12.8 Å². The summed E-state index contributed by atoms with van der Waals surface area (Å²) in [7, 11) is 1.28. The summed E-state index contributed by atoms with van der Waals surface area (Å²) in [5.41, 5.74) is 0. The topological polar surface area (TPSA) is 35.5 Å². The maximum atomic E-state index is 11.6. The van der Waals surface area contributed by atoms with E-state index < -0.39 is 12.7 Å². The third kappa shape index (κ3) is 2.14. The van der Waals surface area contributed by atoms with Crippen molar-refractivity contribution in [1.29, 1.82) is 0 Å². The zero-order valence-electron chi connectivity index (χ0n) is 6.63. The third-order valence-corrected chi connectivity index (χ3v) is 1.92. The summed E-state index contributed by atoms with van der Waals surface area (Å²) < 4.78 is 31.8. The molecule has 0 radical (unpaired) electrons. The first kappa shape index (κ1) is 9.38. The SMILES string of the molecule is COC(=O)C1CC(OC(F)F)C1. The van der Waals surface area contributed by atoms with Crippen LogP contribution in [-0.2, 0) is 14.3 Å². The average Bonchev–Trinajstić information content (AvgIpc) is 1.94. The van der Waals surface area contributed by atoms with Gasteiger partial charge in [0, 0.05) is 0 Å². The molecule has 5 heteroatoms. The van der Waals surface area contributed by atoms with Crippen LogP contribution in [0.1, 0.15) is 12.8 Å². The van der Waals surface area contributed by atoms with Gasteiger partial charge in [-0.1, -0.05) is 0 Å². The number of hydrogen-bond acceptors (Lipinski definition) is 3. The standard InChI is InChI=1S/C7H10F2O3/c1-11-6(10)4-2-5(3-4)12-7(8)9/h4-5,7H,2-3H2,1H3. The van der Waals surface area contributed by atoms with Crippen molar-refractivity contribution in [3.05, 3.63) is 0 Å². The number of hydrogen-bond donors (Lipinski definition) is 0. The summed E-state index contributed by atoms with van der Waals surface area (Å²) in [4.78, 5) is 10.8. The molecule has 1 fully saturated rings. The summed E-state index contributed by atoms with van der Waals surface area (Å²) in [5.74, 6) is -0.595. The van der Waals surface area contributed by atoms with Crippen molar-refractivity contribution in [3.63, 3.8) is 0 Å². The van der Waals surface area contributed by atoms with Crippen LogP contribution >= 0.6 is 0 Å². The van der Waals surface area contributed by atoms with Gasteiger partial charge in [-0.2, -0.15) is 8.78 Å². The molecule has 0 bridgehead atoms. The monoisotopic (exact) mass is 180 g/mol. The number of alkyl halides is 2. The van der Waals surface area contributed by atoms with Crippen LogP contribution in [0.15, 0.2) is 0 Å². The summed E-state index contributed by atoms with van der Waals surface area (Å²) in [6.45, 7) is -2.74. The van der Waals surface area contributed by atoms with Crippen molar-refractivity contribution in [3.8, 4) is 0 Å². The lowest BCUT2D eigenvalue weighted by Gasteiger charge is -2.32. The quantitative estimate of drug-likeness (QED) is 0.612. The van der Waals surface area contributed by atoms with E-state index in [1.165, 1.54) is 7.11 Å². The number of esters is 1. The molecule has 1 saturated carbocycles. The van der Waals surface area contributed by atoms with Crippen LogP contribution in [-0.4, -0.2) is 25.8 Å². The van der Waals surface area contributed by atoms with E-state index in [0.717, 1.165) is 0 Å². The fourth-order valence-corrected chi connectivity index (χ4v) is 1.18. The fraction of sp³-hybridized carbons (Fsp3) is 0.857. The molecule has 12 heavy (non-hydrogen) atoms. The average molecular weight is 180 g/mol. The largest absolute Gasteiger partial charge is 0.469 e. The predicted molar refractivity (Wildman–Crippen MR) is 35.6 cm³/mol. The molecule has 0 aromatic carbocycles. The van der Waals surface area contributed by atoms with Crippen LogP contribution < -0.4 is 0 Å². The van der Waals surface area contributed by atoms with Crippen molar-refractivity contribution < 1.29 is 23.0 Å². The molecule has 0 heterocycles. The number of halogens is 2. The Morgan fingerprint density at radius 1 is 1.50 bits per heavy atom. The van der Waals surface area contributed by atoms with Gasteiger partial charge >= 0.3 is 12.6 Å². The minimum absolute atomic E-state index is 0.251. The molecule has 0 aromatic rings. The van der Waals surface area contributed by atoms with Gasteiger partial charge in [0.05, 0.1) is 19.1 Å². The highest BCUT2D eigenvalue weighted by atomic mass is 19.3. The van der Waals surface area contributed by atoms with Crippen molar-refractivity contribution in [2.24, 2.45) is 5.92 Å². The fourth-order valence-electron chi connectivity index (χ4n) is 1.18. The lowest BCUT2D eigenvalue weighted by molar-refractivity contribution is -0.198. The van der Waals surface area contributed by atoms with E-state index in [-0.39, 0.29) is 11.9 Å². The van der Waals surface area contributed by atoms with Gasteiger partial charge in [0.1, 0.15) is 0 Å². The molecule has 0 saturated heterocycles. The highest BCUT2D eigenvalue weighted by molar-refractivity contribution is 5.73. The second-order valence-electron chi connectivity index (χ2n) is 2.71. The Kier molecular flexibility index (Phi) is 2.97. The molecule has 1 aliphatic carbocycles. The Morgan fingerprint density at radius 3 is 2.50 bits per heavy atom. The molecule has 0 amide bonds. The Balaban J connectivity index is 2.15. The lowest BCUT2D eigenvalue weighted by atomic mass is 9.82. The maximum absolute atomic E-state index is 11.6. The number of methoxy groups -OCH3 is 1. The van der Waals surface area contributed by atoms with Crippen molar-refractivity contribution >= 4 is 5.97 Å². The molecular weight excluding hydrogens is 170 g/mol. The lowest BCUT2D eigenvalue weighted by Crippen LogP contribution is -2.37. The first-order valence-electron chi connectivity index (χ1n) is 3.65. The van der Waals surface area contributed by atoms with Gasteiger partial charge in [-0.3, -0.25) is 4.79 Å². The number of carbonyl (C=O) groups excluding carboxylic acids is 1. The molecule has 3 nitrogen and oxygen atoms in total. The highest BCUT2D eigenvalue weighted by Gasteiger charge is 2.37. The van der Waals surface area contributed by atoms with E-state index in [1.807, 2.05) is 0 Å². The Morgan fingerprint density at radius 2 is 2.08 bits per heavy atom. The van der Waals surface area contributed by atoms with Crippen molar-refractivity contribution in [2.45, 2.75) is 25.6 Å². The Hall–Kier alpha value is -0.710. The van der Waals surface area contributed by atoms with E-state index in [0.29, 0.717) is 12.8 Å². The van der Waals surface area contributed by atoms with E-state index in [4.69, 9.17) is 0 Å². The third-order valence-electron chi connectivity index (χ3n) is 1.92. The summed E-state index contributed by atoms with van der Waals surface area (Å²) >= 11 is 0. The van der Waals surface area contributed by atoms with Gasteiger partial charge in [0.15, 0.2) is 0 Å². The van der Waals surface area contributed by atoms with Gasteiger partial charge in [0.2, 0.25) is 0 Å². The predicted octanol–water partition coefficient (Wildman–Crippen LogP) is 1.18. The summed E-state index contributed by atoms with van der Waals surface area (Å²) in [5, 5.41) is 0. The second-order valence-corrected chi connectivity index (χ2v) is 2.71.